The zero-order valence-electron chi connectivity index (χ0n) is 14.4. The van der Waals surface area contributed by atoms with Crippen molar-refractivity contribution >= 4 is 11.7 Å². The molecule has 5 heteroatoms. The van der Waals surface area contributed by atoms with Crippen LogP contribution in [0.2, 0.25) is 0 Å². The summed E-state index contributed by atoms with van der Waals surface area (Å²) in [4.78, 5) is 13.9. The lowest BCUT2D eigenvalue weighted by molar-refractivity contribution is 0.146. The predicted octanol–water partition coefficient (Wildman–Crippen LogP) is 3.68. The number of methoxy groups -OCH3 is 1. The number of nitrogens with zero attached hydrogens (tertiary/aromatic N) is 1. The first kappa shape index (κ1) is 17.8. The average molecular weight is 328 g/mol. The second-order valence-corrected chi connectivity index (χ2v) is 5.58. The highest BCUT2D eigenvalue weighted by Crippen LogP contribution is 2.16. The Hall–Kier alpha value is -2.53. The molecular weight excluding hydrogens is 304 g/mol. The Kier molecular flexibility index (Phi) is 6.63. The smallest absolute Gasteiger partial charge is 0.321 e. The molecule has 0 saturated carbocycles. The minimum atomic E-state index is -0.147. The number of carbonyl (C=O) groups excluding carboxylic acids is 1. The molecule has 5 nitrogen and oxygen atoms in total. The number of rotatable bonds is 7. The van der Waals surface area contributed by atoms with Gasteiger partial charge in [0.05, 0.1) is 6.61 Å². The van der Waals surface area contributed by atoms with E-state index in [4.69, 9.17) is 9.47 Å². The lowest BCUT2D eigenvalue weighted by Gasteiger charge is -2.19. The van der Waals surface area contributed by atoms with Gasteiger partial charge in [0, 0.05) is 26.4 Å². The maximum Gasteiger partial charge on any atom is 0.321 e. The molecule has 0 spiro atoms. The number of anilines is 1. The maximum atomic E-state index is 12.3. The summed E-state index contributed by atoms with van der Waals surface area (Å²) in [6.07, 6.45) is 0. The van der Waals surface area contributed by atoms with Gasteiger partial charge in [0.2, 0.25) is 0 Å². The van der Waals surface area contributed by atoms with E-state index in [0.717, 1.165) is 17.0 Å². The van der Waals surface area contributed by atoms with Crippen molar-refractivity contribution in [2.45, 2.75) is 13.5 Å². The van der Waals surface area contributed by atoms with Crippen molar-refractivity contribution in [2.75, 3.05) is 32.7 Å². The fourth-order valence-electron chi connectivity index (χ4n) is 2.21. The molecule has 0 aliphatic carbocycles. The van der Waals surface area contributed by atoms with Gasteiger partial charge >= 0.3 is 6.03 Å². The van der Waals surface area contributed by atoms with Gasteiger partial charge in [-0.25, -0.2) is 4.79 Å². The zero-order chi connectivity index (χ0) is 17.4. The van der Waals surface area contributed by atoms with Crippen molar-refractivity contribution in [2.24, 2.45) is 0 Å². The molecule has 0 atom stereocenters. The van der Waals surface area contributed by atoms with E-state index in [2.05, 4.69) is 5.32 Å². The van der Waals surface area contributed by atoms with Crippen LogP contribution in [0.25, 0.3) is 0 Å². The van der Waals surface area contributed by atoms with Crippen LogP contribution in [0.5, 0.6) is 5.75 Å². The van der Waals surface area contributed by atoms with E-state index in [0.29, 0.717) is 19.8 Å². The number of nitrogens with one attached hydrogen (secondary N) is 1. The van der Waals surface area contributed by atoms with E-state index in [1.807, 2.05) is 55.5 Å². The SMILES string of the molecule is COCCOc1ccc(NC(=O)N(C)Cc2ccccc2C)cc1. The van der Waals surface area contributed by atoms with E-state index < -0.39 is 0 Å². The van der Waals surface area contributed by atoms with Gasteiger partial charge in [-0.3, -0.25) is 0 Å². The number of carbonyl (C=O) groups is 1. The fraction of sp³-hybridized carbons (Fsp3) is 0.316. The summed E-state index contributed by atoms with van der Waals surface area (Å²) in [5.74, 6) is 0.748. The highest BCUT2D eigenvalue weighted by molar-refractivity contribution is 5.89. The van der Waals surface area contributed by atoms with Crippen LogP contribution in [0.3, 0.4) is 0 Å². The average Bonchev–Trinajstić information content (AvgIpc) is 2.58. The van der Waals surface area contributed by atoms with Gasteiger partial charge in [-0.1, -0.05) is 24.3 Å². The summed E-state index contributed by atoms with van der Waals surface area (Å²) in [5.41, 5.74) is 3.04. The quantitative estimate of drug-likeness (QED) is 0.789. The second kappa shape index (κ2) is 8.93. The summed E-state index contributed by atoms with van der Waals surface area (Å²) >= 11 is 0. The Morgan fingerprint density at radius 2 is 1.79 bits per heavy atom. The van der Waals surface area contributed by atoms with E-state index in [9.17, 15) is 4.79 Å². The summed E-state index contributed by atoms with van der Waals surface area (Å²) in [7, 11) is 3.42. The molecule has 0 bridgehead atoms. The van der Waals surface area contributed by atoms with Crippen LogP contribution >= 0.6 is 0 Å². The Balaban J connectivity index is 1.88. The van der Waals surface area contributed by atoms with E-state index >= 15 is 0 Å². The predicted molar refractivity (Wildman–Crippen MR) is 95.5 cm³/mol. The summed E-state index contributed by atoms with van der Waals surface area (Å²) in [6.45, 7) is 3.66. The molecule has 2 aromatic rings. The molecule has 2 aromatic carbocycles. The van der Waals surface area contributed by atoms with Crippen LogP contribution in [0.1, 0.15) is 11.1 Å². The molecule has 2 amide bonds. The first-order valence-electron chi connectivity index (χ1n) is 7.88. The van der Waals surface area contributed by atoms with Gasteiger partial charge in [0.25, 0.3) is 0 Å². The number of aryl methyl sites for hydroxylation is 1. The van der Waals surface area contributed by atoms with Crippen molar-refractivity contribution in [1.82, 2.24) is 4.90 Å². The van der Waals surface area contributed by atoms with E-state index in [-0.39, 0.29) is 6.03 Å². The highest BCUT2D eigenvalue weighted by atomic mass is 16.5. The Bertz CT molecular complexity index is 656. The van der Waals surface area contributed by atoms with E-state index in [1.165, 1.54) is 5.56 Å². The van der Waals surface area contributed by atoms with Crippen molar-refractivity contribution in [3.63, 3.8) is 0 Å². The van der Waals surface area contributed by atoms with Gasteiger partial charge in [-0.05, 0) is 42.3 Å². The third-order valence-corrected chi connectivity index (χ3v) is 3.68. The maximum absolute atomic E-state index is 12.3. The molecule has 0 fully saturated rings. The van der Waals surface area contributed by atoms with Crippen molar-refractivity contribution in [3.05, 3.63) is 59.7 Å². The Morgan fingerprint density at radius 3 is 2.46 bits per heavy atom. The molecule has 0 aromatic heterocycles. The Morgan fingerprint density at radius 1 is 1.08 bits per heavy atom. The summed E-state index contributed by atoms with van der Waals surface area (Å²) < 4.78 is 10.4. The largest absolute Gasteiger partial charge is 0.491 e. The molecule has 2 rings (SSSR count). The van der Waals surface area contributed by atoms with Crippen LogP contribution in [-0.2, 0) is 11.3 Å². The normalized spacial score (nSPS) is 10.3. The molecule has 0 radical (unpaired) electrons. The molecule has 0 saturated heterocycles. The summed E-state index contributed by atoms with van der Waals surface area (Å²) in [5, 5.41) is 2.88. The fourth-order valence-corrected chi connectivity index (χ4v) is 2.21. The molecule has 1 N–H and O–H groups in total. The monoisotopic (exact) mass is 328 g/mol. The number of hydrogen-bond acceptors (Lipinski definition) is 3. The molecule has 0 unspecified atom stereocenters. The minimum Gasteiger partial charge on any atom is -0.491 e. The van der Waals surface area contributed by atoms with Crippen LogP contribution < -0.4 is 10.1 Å². The van der Waals surface area contributed by atoms with Crippen LogP contribution in [0.15, 0.2) is 48.5 Å². The standard InChI is InChI=1S/C19H24N2O3/c1-15-6-4-5-7-16(15)14-21(2)19(22)20-17-8-10-18(11-9-17)24-13-12-23-3/h4-11H,12-14H2,1-3H3,(H,20,22). The molecule has 0 aliphatic rings. The third kappa shape index (κ3) is 5.28. The van der Waals surface area contributed by atoms with Crippen LogP contribution in [-0.4, -0.2) is 38.3 Å². The zero-order valence-corrected chi connectivity index (χ0v) is 14.4. The van der Waals surface area contributed by atoms with Gasteiger partial charge in [0.15, 0.2) is 0 Å². The molecular formula is C19H24N2O3. The lowest BCUT2D eigenvalue weighted by Crippen LogP contribution is -2.31. The van der Waals surface area contributed by atoms with Crippen LogP contribution in [0.4, 0.5) is 10.5 Å². The van der Waals surface area contributed by atoms with Crippen molar-refractivity contribution < 1.29 is 14.3 Å². The minimum absolute atomic E-state index is 0.147. The molecule has 128 valence electrons. The van der Waals surface area contributed by atoms with Crippen molar-refractivity contribution in [1.29, 1.82) is 0 Å². The number of urea groups is 1. The topological polar surface area (TPSA) is 50.8 Å². The molecule has 0 heterocycles. The molecule has 0 aliphatic heterocycles. The first-order valence-corrected chi connectivity index (χ1v) is 7.88. The summed E-state index contributed by atoms with van der Waals surface area (Å²) in [6, 6.07) is 15.2. The van der Waals surface area contributed by atoms with Crippen LogP contribution in [0, 0.1) is 6.92 Å². The van der Waals surface area contributed by atoms with Gasteiger partial charge in [0.1, 0.15) is 12.4 Å². The Labute approximate surface area is 143 Å². The lowest BCUT2D eigenvalue weighted by atomic mass is 10.1. The number of amides is 2. The van der Waals surface area contributed by atoms with E-state index in [1.54, 1.807) is 19.1 Å². The third-order valence-electron chi connectivity index (χ3n) is 3.68. The molecule has 24 heavy (non-hydrogen) atoms. The number of hydrogen-bond donors (Lipinski definition) is 1. The first-order chi connectivity index (χ1) is 11.6. The van der Waals surface area contributed by atoms with Gasteiger partial charge in [-0.15, -0.1) is 0 Å². The second-order valence-electron chi connectivity index (χ2n) is 5.58. The highest BCUT2D eigenvalue weighted by Gasteiger charge is 2.10. The number of ether oxygens (including phenoxy) is 2. The van der Waals surface area contributed by atoms with Crippen molar-refractivity contribution in [3.8, 4) is 5.75 Å². The van der Waals surface area contributed by atoms with Gasteiger partial charge < -0.3 is 19.7 Å². The van der Waals surface area contributed by atoms with Gasteiger partial charge in [-0.2, -0.15) is 0 Å². The number of benzene rings is 2.